The van der Waals surface area contributed by atoms with Gasteiger partial charge in [0.05, 0.1) is 12.2 Å². The van der Waals surface area contributed by atoms with E-state index in [9.17, 15) is 4.79 Å². The maximum atomic E-state index is 12.2. The van der Waals surface area contributed by atoms with Crippen molar-refractivity contribution >= 4 is 5.97 Å². The molecule has 0 bridgehead atoms. The number of carbonyl (C=O) groups excluding carboxylic acids is 1. The lowest BCUT2D eigenvalue weighted by atomic mass is 9.83. The van der Waals surface area contributed by atoms with Gasteiger partial charge in [0.15, 0.2) is 5.88 Å². The molecule has 4 nitrogen and oxygen atoms in total. The molecule has 106 valence electrons. The van der Waals surface area contributed by atoms with Gasteiger partial charge in [-0.05, 0) is 31.9 Å². The van der Waals surface area contributed by atoms with E-state index in [1.165, 1.54) is 0 Å². The number of benzene rings is 1. The molecule has 1 aromatic carbocycles. The molecular formula is C16H19NO3. The van der Waals surface area contributed by atoms with Crippen LogP contribution < -0.4 is 5.73 Å². The molecule has 1 heterocycles. The van der Waals surface area contributed by atoms with Crippen LogP contribution in [0.25, 0.3) is 0 Å². The van der Waals surface area contributed by atoms with E-state index in [0.29, 0.717) is 23.8 Å². The van der Waals surface area contributed by atoms with E-state index >= 15 is 0 Å². The second-order valence-electron chi connectivity index (χ2n) is 4.68. The largest absolute Gasteiger partial charge is 0.463 e. The van der Waals surface area contributed by atoms with Crippen LogP contribution in [0, 0.1) is 0 Å². The normalized spacial score (nSPS) is 18.9. The third-order valence-corrected chi connectivity index (χ3v) is 3.38. The van der Waals surface area contributed by atoms with Crippen molar-refractivity contribution in [3.8, 4) is 0 Å². The second kappa shape index (κ2) is 5.82. The van der Waals surface area contributed by atoms with Gasteiger partial charge >= 0.3 is 5.97 Å². The van der Waals surface area contributed by atoms with E-state index < -0.39 is 0 Å². The predicted molar refractivity (Wildman–Crippen MR) is 76.5 cm³/mol. The lowest BCUT2D eigenvalue weighted by Gasteiger charge is -2.28. The average Bonchev–Trinajstić information content (AvgIpc) is 2.43. The van der Waals surface area contributed by atoms with Gasteiger partial charge in [-0.1, -0.05) is 30.3 Å². The minimum Gasteiger partial charge on any atom is -0.463 e. The number of hydrogen-bond donors (Lipinski definition) is 1. The lowest BCUT2D eigenvalue weighted by Crippen LogP contribution is -2.25. The molecule has 0 saturated heterocycles. The van der Waals surface area contributed by atoms with Crippen LogP contribution in [0.3, 0.4) is 0 Å². The van der Waals surface area contributed by atoms with Crippen LogP contribution in [0.5, 0.6) is 0 Å². The zero-order valence-electron chi connectivity index (χ0n) is 12.0. The lowest BCUT2D eigenvalue weighted by molar-refractivity contribution is -0.139. The highest BCUT2D eigenvalue weighted by Gasteiger charge is 2.33. The van der Waals surface area contributed by atoms with Gasteiger partial charge in [-0.2, -0.15) is 0 Å². The Labute approximate surface area is 118 Å². The van der Waals surface area contributed by atoms with Gasteiger partial charge in [0, 0.05) is 5.92 Å². The Bertz CT molecular complexity index is 573. The van der Waals surface area contributed by atoms with E-state index in [1.54, 1.807) is 13.8 Å². The summed E-state index contributed by atoms with van der Waals surface area (Å²) in [5.74, 6) is 0.277. The quantitative estimate of drug-likeness (QED) is 0.860. The number of ether oxygens (including phenoxy) is 2. The van der Waals surface area contributed by atoms with Crippen molar-refractivity contribution in [2.75, 3.05) is 6.61 Å². The molecule has 0 aliphatic carbocycles. The average molecular weight is 273 g/mol. The van der Waals surface area contributed by atoms with Crippen molar-refractivity contribution in [1.29, 1.82) is 0 Å². The van der Waals surface area contributed by atoms with Gasteiger partial charge in [-0.15, -0.1) is 0 Å². The third-order valence-electron chi connectivity index (χ3n) is 3.38. The van der Waals surface area contributed by atoms with Crippen molar-refractivity contribution in [3.63, 3.8) is 0 Å². The molecule has 0 aromatic heterocycles. The molecule has 20 heavy (non-hydrogen) atoms. The Kier molecular flexibility index (Phi) is 4.13. The van der Waals surface area contributed by atoms with Crippen LogP contribution >= 0.6 is 0 Å². The van der Waals surface area contributed by atoms with Crippen LogP contribution in [0.2, 0.25) is 0 Å². The molecule has 0 radical (unpaired) electrons. The molecule has 1 aliphatic heterocycles. The fourth-order valence-corrected chi connectivity index (χ4v) is 2.40. The smallest absolute Gasteiger partial charge is 0.338 e. The molecule has 1 unspecified atom stereocenters. The minimum atomic E-state index is -0.356. The molecule has 2 rings (SSSR count). The Morgan fingerprint density at radius 2 is 1.95 bits per heavy atom. The van der Waals surface area contributed by atoms with Crippen LogP contribution in [0.15, 0.2) is 53.1 Å². The Hall–Kier alpha value is -2.23. The van der Waals surface area contributed by atoms with Crippen LogP contribution in [0.4, 0.5) is 0 Å². The predicted octanol–water partition coefficient (Wildman–Crippen LogP) is 2.83. The minimum absolute atomic E-state index is 0.219. The number of nitrogens with two attached hydrogens (primary N) is 1. The fourth-order valence-electron chi connectivity index (χ4n) is 2.40. The zero-order valence-corrected chi connectivity index (χ0v) is 12.0. The first kappa shape index (κ1) is 14.2. The maximum absolute atomic E-state index is 12.2. The summed E-state index contributed by atoms with van der Waals surface area (Å²) in [5.41, 5.74) is 8.24. The summed E-state index contributed by atoms with van der Waals surface area (Å²) < 4.78 is 10.6. The SMILES string of the molecule is CCOC(=O)C1=C(C)OC(N)=C(C)C1c1ccccc1. The summed E-state index contributed by atoms with van der Waals surface area (Å²) in [5, 5.41) is 0. The van der Waals surface area contributed by atoms with Gasteiger partial charge in [0.2, 0.25) is 0 Å². The van der Waals surface area contributed by atoms with Gasteiger partial charge < -0.3 is 15.2 Å². The molecule has 0 saturated carbocycles. The first-order valence-corrected chi connectivity index (χ1v) is 6.63. The standard InChI is InChI=1S/C16H19NO3/c1-4-19-16(18)14-11(3)20-15(17)10(2)13(14)12-8-6-5-7-9-12/h5-9,13H,4,17H2,1-3H3. The molecule has 4 heteroatoms. The summed E-state index contributed by atoms with van der Waals surface area (Å²) in [6, 6.07) is 9.75. The first-order chi connectivity index (χ1) is 9.56. The highest BCUT2D eigenvalue weighted by atomic mass is 16.5. The number of hydrogen-bond acceptors (Lipinski definition) is 4. The van der Waals surface area contributed by atoms with Crippen molar-refractivity contribution in [3.05, 3.63) is 58.7 Å². The Morgan fingerprint density at radius 1 is 1.30 bits per heavy atom. The van der Waals surface area contributed by atoms with Gasteiger partial charge in [0.1, 0.15) is 5.76 Å². The second-order valence-corrected chi connectivity index (χ2v) is 4.68. The van der Waals surface area contributed by atoms with Crippen molar-refractivity contribution in [2.24, 2.45) is 5.73 Å². The highest BCUT2D eigenvalue weighted by Crippen LogP contribution is 2.39. The molecule has 0 spiro atoms. The zero-order chi connectivity index (χ0) is 14.7. The van der Waals surface area contributed by atoms with Crippen LogP contribution in [-0.4, -0.2) is 12.6 Å². The summed E-state index contributed by atoms with van der Waals surface area (Å²) in [7, 11) is 0. The van der Waals surface area contributed by atoms with Crippen molar-refractivity contribution in [2.45, 2.75) is 26.7 Å². The molecule has 1 atom stereocenters. The number of carbonyl (C=O) groups is 1. The topological polar surface area (TPSA) is 61.5 Å². The highest BCUT2D eigenvalue weighted by molar-refractivity contribution is 5.92. The van der Waals surface area contributed by atoms with Gasteiger partial charge in [-0.25, -0.2) is 4.79 Å². The maximum Gasteiger partial charge on any atom is 0.338 e. The molecule has 2 N–H and O–H groups in total. The molecule has 1 aliphatic rings. The number of esters is 1. The van der Waals surface area contributed by atoms with Gasteiger partial charge in [-0.3, -0.25) is 0 Å². The van der Waals surface area contributed by atoms with Crippen molar-refractivity contribution < 1.29 is 14.3 Å². The third kappa shape index (κ3) is 2.54. The Balaban J connectivity index is 2.51. The Morgan fingerprint density at radius 3 is 2.55 bits per heavy atom. The van der Waals surface area contributed by atoms with Crippen LogP contribution in [0.1, 0.15) is 32.3 Å². The van der Waals surface area contributed by atoms with E-state index in [1.807, 2.05) is 37.3 Å². The number of allylic oxidation sites excluding steroid dienone is 2. The summed E-state index contributed by atoms with van der Waals surface area (Å²) in [6.07, 6.45) is 0. The number of rotatable bonds is 3. The van der Waals surface area contributed by atoms with E-state index in [4.69, 9.17) is 15.2 Å². The molecule has 0 amide bonds. The summed E-state index contributed by atoms with van der Waals surface area (Å²) >= 11 is 0. The monoisotopic (exact) mass is 273 g/mol. The summed E-state index contributed by atoms with van der Waals surface area (Å²) in [6.45, 7) is 5.72. The van der Waals surface area contributed by atoms with Gasteiger partial charge in [0.25, 0.3) is 0 Å². The summed E-state index contributed by atoms with van der Waals surface area (Å²) in [4.78, 5) is 12.2. The molecule has 0 fully saturated rings. The first-order valence-electron chi connectivity index (χ1n) is 6.63. The van der Waals surface area contributed by atoms with E-state index in [-0.39, 0.29) is 11.9 Å². The van der Waals surface area contributed by atoms with E-state index in [2.05, 4.69) is 0 Å². The van der Waals surface area contributed by atoms with Crippen molar-refractivity contribution in [1.82, 2.24) is 0 Å². The van der Waals surface area contributed by atoms with Crippen LogP contribution in [-0.2, 0) is 14.3 Å². The molecular weight excluding hydrogens is 254 g/mol. The molecule has 1 aromatic rings. The fraction of sp³-hybridized carbons (Fsp3) is 0.312. The van der Waals surface area contributed by atoms with E-state index in [0.717, 1.165) is 11.1 Å².